The van der Waals surface area contributed by atoms with Gasteiger partial charge in [0.05, 0.1) is 0 Å². The molecule has 0 heterocycles. The predicted octanol–water partition coefficient (Wildman–Crippen LogP) is 4.13. The van der Waals surface area contributed by atoms with Gasteiger partial charge >= 0.3 is 0 Å². The van der Waals surface area contributed by atoms with Gasteiger partial charge in [0.1, 0.15) is 0 Å². The van der Waals surface area contributed by atoms with Crippen molar-refractivity contribution in [3.05, 3.63) is 23.8 Å². The normalized spacial score (nSPS) is 12.2. The van der Waals surface area contributed by atoms with E-state index < -0.39 is 0 Å². The molecule has 5 nitrogen and oxygen atoms in total. The van der Waals surface area contributed by atoms with Gasteiger partial charge in [-0.15, -0.1) is 0 Å². The molecule has 0 saturated carbocycles. The van der Waals surface area contributed by atoms with Gasteiger partial charge < -0.3 is 15.1 Å². The Morgan fingerprint density at radius 3 is 2.12 bits per heavy atom. The van der Waals surface area contributed by atoms with Gasteiger partial charge in [-0.05, 0) is 37.1 Å². The number of nitrogens with zero attached hydrogens (tertiary/aromatic N) is 2. The summed E-state index contributed by atoms with van der Waals surface area (Å²) in [5, 5.41) is 2.96. The number of nitrogens with one attached hydrogen (secondary N) is 1. The Hall–Kier alpha value is -2.04. The van der Waals surface area contributed by atoms with Crippen molar-refractivity contribution in [1.29, 1.82) is 0 Å². The molecule has 0 radical (unpaired) electrons. The van der Waals surface area contributed by atoms with Gasteiger partial charge in [-0.25, -0.2) is 0 Å². The van der Waals surface area contributed by atoms with Gasteiger partial charge in [-0.1, -0.05) is 34.6 Å². The number of carbonyl (C=O) groups excluding carboxylic acids is 2. The molecule has 0 saturated heterocycles. The first-order valence-electron chi connectivity index (χ1n) is 9.50. The van der Waals surface area contributed by atoms with E-state index in [1.807, 2.05) is 69.8 Å². The molecule has 0 aliphatic heterocycles. The summed E-state index contributed by atoms with van der Waals surface area (Å²) < 4.78 is 0. The summed E-state index contributed by atoms with van der Waals surface area (Å²) in [7, 11) is 3.98. The van der Waals surface area contributed by atoms with Gasteiger partial charge in [0, 0.05) is 49.9 Å². The van der Waals surface area contributed by atoms with Crippen molar-refractivity contribution in [2.45, 2.75) is 60.5 Å². The third-order valence-corrected chi connectivity index (χ3v) is 4.59. The Balaban J connectivity index is 3.23. The van der Waals surface area contributed by atoms with Crippen molar-refractivity contribution < 1.29 is 9.59 Å². The van der Waals surface area contributed by atoms with Crippen molar-refractivity contribution in [3.63, 3.8) is 0 Å². The number of benzene rings is 1. The van der Waals surface area contributed by atoms with E-state index in [-0.39, 0.29) is 29.7 Å². The summed E-state index contributed by atoms with van der Waals surface area (Å²) in [6.45, 7) is 12.3. The highest BCUT2D eigenvalue weighted by molar-refractivity contribution is 5.92. The van der Waals surface area contributed by atoms with E-state index in [2.05, 4.69) is 19.2 Å². The minimum Gasteiger partial charge on any atom is -0.377 e. The van der Waals surface area contributed by atoms with Crippen LogP contribution in [0, 0.1) is 11.8 Å². The fourth-order valence-electron chi connectivity index (χ4n) is 2.70. The first kappa shape index (κ1) is 22.0. The second kappa shape index (κ2) is 9.60. The van der Waals surface area contributed by atoms with Crippen molar-refractivity contribution in [3.8, 4) is 0 Å². The molecule has 1 aromatic rings. The Bertz CT molecular complexity index is 624. The standard InChI is InChI=1S/C21H35N3O2/c1-9-16(6)24(21(26)15(4)5)13-17-12-18(22-20(25)14(2)3)10-11-19(17)23(7)8/h10-12,14-16H,9,13H2,1-8H3,(H,22,25). The van der Waals surface area contributed by atoms with Crippen molar-refractivity contribution in [1.82, 2.24) is 4.90 Å². The van der Waals surface area contributed by atoms with Crippen LogP contribution in [0.15, 0.2) is 18.2 Å². The Morgan fingerprint density at radius 1 is 1.04 bits per heavy atom. The van der Waals surface area contributed by atoms with Crippen molar-refractivity contribution >= 4 is 23.2 Å². The van der Waals surface area contributed by atoms with Crippen molar-refractivity contribution in [2.24, 2.45) is 11.8 Å². The van der Waals surface area contributed by atoms with Gasteiger partial charge in [0.25, 0.3) is 0 Å². The molecular formula is C21H35N3O2. The first-order valence-corrected chi connectivity index (χ1v) is 9.50. The van der Waals surface area contributed by atoms with Crippen LogP contribution in [0.5, 0.6) is 0 Å². The predicted molar refractivity (Wildman–Crippen MR) is 109 cm³/mol. The third-order valence-electron chi connectivity index (χ3n) is 4.59. The molecule has 1 atom stereocenters. The minimum atomic E-state index is -0.0777. The zero-order chi connectivity index (χ0) is 20.0. The highest BCUT2D eigenvalue weighted by Gasteiger charge is 2.23. The van der Waals surface area contributed by atoms with Crippen LogP contribution in [0.3, 0.4) is 0 Å². The second-order valence-electron chi connectivity index (χ2n) is 7.76. The summed E-state index contributed by atoms with van der Waals surface area (Å²) in [6.07, 6.45) is 0.902. The lowest BCUT2D eigenvalue weighted by Gasteiger charge is -2.32. The molecule has 0 spiro atoms. The lowest BCUT2D eigenvalue weighted by atomic mass is 10.1. The number of rotatable bonds is 8. The van der Waals surface area contributed by atoms with E-state index in [0.29, 0.717) is 6.54 Å². The quantitative estimate of drug-likeness (QED) is 0.757. The van der Waals surface area contributed by atoms with E-state index in [4.69, 9.17) is 0 Å². The number of carbonyl (C=O) groups is 2. The van der Waals surface area contributed by atoms with E-state index in [9.17, 15) is 9.59 Å². The lowest BCUT2D eigenvalue weighted by Crippen LogP contribution is -2.40. The molecule has 0 fully saturated rings. The number of hydrogen-bond donors (Lipinski definition) is 1. The van der Waals surface area contributed by atoms with E-state index in [0.717, 1.165) is 23.4 Å². The fraction of sp³-hybridized carbons (Fsp3) is 0.619. The summed E-state index contributed by atoms with van der Waals surface area (Å²) in [6, 6.07) is 6.06. The van der Waals surface area contributed by atoms with E-state index >= 15 is 0 Å². The Kier molecular flexibility index (Phi) is 8.12. The van der Waals surface area contributed by atoms with Crippen LogP contribution < -0.4 is 10.2 Å². The van der Waals surface area contributed by atoms with Crippen LogP contribution in [0.2, 0.25) is 0 Å². The summed E-state index contributed by atoms with van der Waals surface area (Å²) >= 11 is 0. The smallest absolute Gasteiger partial charge is 0.226 e. The van der Waals surface area contributed by atoms with Gasteiger partial charge in [0.15, 0.2) is 0 Å². The van der Waals surface area contributed by atoms with Gasteiger partial charge in [-0.3, -0.25) is 9.59 Å². The van der Waals surface area contributed by atoms with Crippen LogP contribution in [0.25, 0.3) is 0 Å². The first-order chi connectivity index (χ1) is 12.1. The maximum absolute atomic E-state index is 12.7. The van der Waals surface area contributed by atoms with Crippen molar-refractivity contribution in [2.75, 3.05) is 24.3 Å². The van der Waals surface area contributed by atoms with E-state index in [1.54, 1.807) is 0 Å². The Labute approximate surface area is 158 Å². The number of amides is 2. The maximum Gasteiger partial charge on any atom is 0.226 e. The highest BCUT2D eigenvalue weighted by atomic mass is 16.2. The number of anilines is 2. The van der Waals surface area contributed by atoms with Crippen LogP contribution in [0.1, 0.15) is 53.5 Å². The molecule has 2 amide bonds. The molecule has 0 bridgehead atoms. The summed E-state index contributed by atoms with van der Waals surface area (Å²) in [4.78, 5) is 28.7. The Morgan fingerprint density at radius 2 is 1.65 bits per heavy atom. The molecule has 26 heavy (non-hydrogen) atoms. The molecule has 5 heteroatoms. The molecule has 0 aliphatic rings. The van der Waals surface area contributed by atoms with Crippen LogP contribution in [0.4, 0.5) is 11.4 Å². The van der Waals surface area contributed by atoms with Crippen LogP contribution in [-0.2, 0) is 16.1 Å². The summed E-state index contributed by atoms with van der Waals surface area (Å²) in [5.74, 6) is 0.0213. The summed E-state index contributed by atoms with van der Waals surface area (Å²) in [5.41, 5.74) is 2.86. The van der Waals surface area contributed by atoms with Gasteiger partial charge in [-0.2, -0.15) is 0 Å². The minimum absolute atomic E-state index is 0.00871. The molecular weight excluding hydrogens is 326 g/mol. The molecule has 1 aromatic carbocycles. The molecule has 1 unspecified atom stereocenters. The SMILES string of the molecule is CCC(C)N(Cc1cc(NC(=O)C(C)C)ccc1N(C)C)C(=O)C(C)C. The number of hydrogen-bond acceptors (Lipinski definition) is 3. The van der Waals surface area contributed by atoms with Crippen LogP contribution in [-0.4, -0.2) is 36.9 Å². The van der Waals surface area contributed by atoms with Gasteiger partial charge in [0.2, 0.25) is 11.8 Å². The average Bonchev–Trinajstić information content (AvgIpc) is 2.57. The molecule has 0 aliphatic carbocycles. The van der Waals surface area contributed by atoms with Crippen LogP contribution >= 0.6 is 0 Å². The van der Waals surface area contributed by atoms with E-state index in [1.165, 1.54) is 0 Å². The maximum atomic E-state index is 12.7. The fourth-order valence-corrected chi connectivity index (χ4v) is 2.70. The molecule has 1 N–H and O–H groups in total. The monoisotopic (exact) mass is 361 g/mol. The highest BCUT2D eigenvalue weighted by Crippen LogP contribution is 2.26. The largest absolute Gasteiger partial charge is 0.377 e. The second-order valence-corrected chi connectivity index (χ2v) is 7.76. The topological polar surface area (TPSA) is 52.7 Å². The lowest BCUT2D eigenvalue weighted by molar-refractivity contribution is -0.137. The average molecular weight is 362 g/mol. The zero-order valence-electron chi connectivity index (χ0n) is 17.6. The molecule has 146 valence electrons. The zero-order valence-corrected chi connectivity index (χ0v) is 17.6. The molecule has 1 rings (SSSR count). The molecule has 0 aromatic heterocycles. The third kappa shape index (κ3) is 5.75.